The lowest BCUT2D eigenvalue weighted by molar-refractivity contribution is 0.547. The summed E-state index contributed by atoms with van der Waals surface area (Å²) < 4.78 is 0. The van der Waals surface area contributed by atoms with Crippen molar-refractivity contribution in [2.45, 2.75) is 26.3 Å². The highest BCUT2D eigenvalue weighted by atomic mass is 15.2. The molecule has 3 N–H and O–H groups in total. The smallest absolute Gasteiger partial charge is 0.0518 e. The number of nitrogens with two attached hydrogens (primary N) is 1. The molecule has 0 fully saturated rings. The maximum Gasteiger partial charge on any atom is 0.0518 e. The Kier molecular flexibility index (Phi) is 4.07. The van der Waals surface area contributed by atoms with E-state index in [2.05, 4.69) is 28.6 Å². The maximum absolute atomic E-state index is 5.68. The highest BCUT2D eigenvalue weighted by Crippen LogP contribution is 2.20. The van der Waals surface area contributed by atoms with Crippen LogP contribution >= 0.6 is 0 Å². The lowest BCUT2D eigenvalue weighted by atomic mass is 9.98. The molecule has 1 unspecified atom stereocenters. The van der Waals surface area contributed by atoms with Crippen LogP contribution in [-0.2, 0) is 6.42 Å². The van der Waals surface area contributed by atoms with Crippen molar-refractivity contribution >= 4 is 0 Å². The van der Waals surface area contributed by atoms with Crippen molar-refractivity contribution in [1.29, 1.82) is 0 Å². The number of nitrogens with one attached hydrogen (secondary N) is 1. The van der Waals surface area contributed by atoms with Gasteiger partial charge in [0.25, 0.3) is 0 Å². The predicted molar refractivity (Wildman–Crippen MR) is 73.9 cm³/mol. The minimum Gasteiger partial charge on any atom is -0.271 e. The Hall–Kier alpha value is -1.71. The highest BCUT2D eigenvalue weighted by molar-refractivity contribution is 5.27. The SMILES string of the molecule is Cc1ccc(C(Cc2ccccc2)NN)c(C)n1. The van der Waals surface area contributed by atoms with E-state index in [9.17, 15) is 0 Å². The average molecular weight is 241 g/mol. The van der Waals surface area contributed by atoms with Gasteiger partial charge in [-0.1, -0.05) is 36.4 Å². The molecule has 18 heavy (non-hydrogen) atoms. The van der Waals surface area contributed by atoms with Gasteiger partial charge in [0.15, 0.2) is 0 Å². The van der Waals surface area contributed by atoms with Crippen molar-refractivity contribution < 1.29 is 0 Å². The van der Waals surface area contributed by atoms with Crippen molar-refractivity contribution in [2.24, 2.45) is 5.84 Å². The third-order valence-electron chi connectivity index (χ3n) is 3.13. The molecule has 3 heteroatoms. The number of aryl methyl sites for hydroxylation is 2. The zero-order valence-electron chi connectivity index (χ0n) is 10.9. The van der Waals surface area contributed by atoms with Crippen LogP contribution in [0.3, 0.4) is 0 Å². The highest BCUT2D eigenvalue weighted by Gasteiger charge is 2.13. The van der Waals surface area contributed by atoms with Gasteiger partial charge in [0.2, 0.25) is 0 Å². The molecule has 0 saturated carbocycles. The van der Waals surface area contributed by atoms with Gasteiger partial charge in [-0.2, -0.15) is 0 Å². The van der Waals surface area contributed by atoms with E-state index in [-0.39, 0.29) is 6.04 Å². The molecule has 2 aromatic rings. The second-order valence-electron chi connectivity index (χ2n) is 4.54. The molecule has 1 heterocycles. The van der Waals surface area contributed by atoms with E-state index in [1.165, 1.54) is 5.56 Å². The number of hydrazine groups is 1. The van der Waals surface area contributed by atoms with E-state index in [0.29, 0.717) is 0 Å². The summed E-state index contributed by atoms with van der Waals surface area (Å²) in [4.78, 5) is 4.49. The van der Waals surface area contributed by atoms with Crippen LogP contribution in [0, 0.1) is 13.8 Å². The molecule has 0 aliphatic rings. The van der Waals surface area contributed by atoms with Gasteiger partial charge in [-0.15, -0.1) is 0 Å². The minimum atomic E-state index is 0.0977. The third kappa shape index (κ3) is 2.94. The first-order valence-electron chi connectivity index (χ1n) is 6.15. The summed E-state index contributed by atoms with van der Waals surface area (Å²) >= 11 is 0. The van der Waals surface area contributed by atoms with Crippen LogP contribution < -0.4 is 11.3 Å². The second kappa shape index (κ2) is 5.76. The number of hydrogen-bond donors (Lipinski definition) is 2. The normalized spacial score (nSPS) is 12.4. The number of aromatic nitrogens is 1. The Bertz CT molecular complexity index is 508. The van der Waals surface area contributed by atoms with Crippen LogP contribution in [0.4, 0.5) is 0 Å². The van der Waals surface area contributed by atoms with Crippen LogP contribution in [0.5, 0.6) is 0 Å². The first-order chi connectivity index (χ1) is 8.70. The van der Waals surface area contributed by atoms with Crippen LogP contribution in [-0.4, -0.2) is 4.98 Å². The molecule has 3 nitrogen and oxygen atoms in total. The fraction of sp³-hybridized carbons (Fsp3) is 0.267. The third-order valence-corrected chi connectivity index (χ3v) is 3.13. The van der Waals surface area contributed by atoms with Gasteiger partial charge in [0.05, 0.1) is 6.04 Å². The molecular formula is C15H19N3. The number of benzene rings is 1. The molecule has 1 aromatic heterocycles. The molecule has 2 rings (SSSR count). The molecule has 0 aliphatic heterocycles. The lowest BCUT2D eigenvalue weighted by Crippen LogP contribution is -2.30. The summed E-state index contributed by atoms with van der Waals surface area (Å²) in [5, 5.41) is 0. The Morgan fingerprint density at radius 2 is 1.83 bits per heavy atom. The summed E-state index contributed by atoms with van der Waals surface area (Å²) in [6, 6.07) is 14.6. The van der Waals surface area contributed by atoms with Crippen molar-refractivity contribution in [1.82, 2.24) is 10.4 Å². The summed E-state index contributed by atoms with van der Waals surface area (Å²) in [6.07, 6.45) is 0.864. The predicted octanol–water partition coefficient (Wildman–Crippen LogP) is 2.45. The molecule has 0 aliphatic carbocycles. The zero-order valence-corrected chi connectivity index (χ0v) is 10.9. The van der Waals surface area contributed by atoms with Crippen molar-refractivity contribution in [3.8, 4) is 0 Å². The molecular weight excluding hydrogens is 222 g/mol. The van der Waals surface area contributed by atoms with E-state index in [1.807, 2.05) is 38.1 Å². The van der Waals surface area contributed by atoms with Crippen LogP contribution in [0.15, 0.2) is 42.5 Å². The Labute approximate surface area is 108 Å². The molecule has 0 spiro atoms. The maximum atomic E-state index is 5.68. The molecule has 94 valence electrons. The average Bonchev–Trinajstić information content (AvgIpc) is 2.38. The summed E-state index contributed by atoms with van der Waals surface area (Å²) in [7, 11) is 0. The van der Waals surface area contributed by atoms with Crippen molar-refractivity contribution in [3.63, 3.8) is 0 Å². The van der Waals surface area contributed by atoms with Gasteiger partial charge >= 0.3 is 0 Å². The van der Waals surface area contributed by atoms with E-state index >= 15 is 0 Å². The molecule has 0 bridgehead atoms. The van der Waals surface area contributed by atoms with Crippen LogP contribution in [0.25, 0.3) is 0 Å². The van der Waals surface area contributed by atoms with E-state index in [1.54, 1.807) is 0 Å². The second-order valence-corrected chi connectivity index (χ2v) is 4.54. The topological polar surface area (TPSA) is 50.9 Å². The van der Waals surface area contributed by atoms with E-state index in [0.717, 1.165) is 23.4 Å². The van der Waals surface area contributed by atoms with Gasteiger partial charge in [0.1, 0.15) is 0 Å². The molecule has 1 aromatic carbocycles. The van der Waals surface area contributed by atoms with Crippen molar-refractivity contribution in [2.75, 3.05) is 0 Å². The van der Waals surface area contributed by atoms with E-state index < -0.39 is 0 Å². The molecule has 0 saturated heterocycles. The fourth-order valence-electron chi connectivity index (χ4n) is 2.17. The van der Waals surface area contributed by atoms with Gasteiger partial charge < -0.3 is 0 Å². The number of nitrogens with zero attached hydrogens (tertiary/aromatic N) is 1. The van der Waals surface area contributed by atoms with Crippen molar-refractivity contribution in [3.05, 3.63) is 65.0 Å². The molecule has 0 amide bonds. The van der Waals surface area contributed by atoms with Crippen LogP contribution in [0.1, 0.15) is 28.6 Å². The number of pyridine rings is 1. The monoisotopic (exact) mass is 241 g/mol. The van der Waals surface area contributed by atoms with Gasteiger partial charge in [-0.05, 0) is 37.5 Å². The van der Waals surface area contributed by atoms with Gasteiger partial charge in [-0.25, -0.2) is 0 Å². The largest absolute Gasteiger partial charge is 0.271 e. The first kappa shape index (κ1) is 12.7. The van der Waals surface area contributed by atoms with E-state index in [4.69, 9.17) is 5.84 Å². The Balaban J connectivity index is 2.23. The van der Waals surface area contributed by atoms with Crippen LogP contribution in [0.2, 0.25) is 0 Å². The fourth-order valence-corrected chi connectivity index (χ4v) is 2.17. The number of hydrogen-bond acceptors (Lipinski definition) is 3. The minimum absolute atomic E-state index is 0.0977. The molecule has 1 atom stereocenters. The van der Waals surface area contributed by atoms with Gasteiger partial charge in [-0.3, -0.25) is 16.3 Å². The summed E-state index contributed by atoms with van der Waals surface area (Å²) in [5.74, 6) is 5.68. The first-order valence-corrected chi connectivity index (χ1v) is 6.15. The van der Waals surface area contributed by atoms with Gasteiger partial charge in [0, 0.05) is 11.4 Å². The number of rotatable bonds is 4. The quantitative estimate of drug-likeness (QED) is 0.638. The Morgan fingerprint density at radius 1 is 1.11 bits per heavy atom. The molecule has 0 radical (unpaired) electrons. The summed E-state index contributed by atoms with van der Waals surface area (Å²) in [5.41, 5.74) is 7.38. The lowest BCUT2D eigenvalue weighted by Gasteiger charge is -2.18. The summed E-state index contributed by atoms with van der Waals surface area (Å²) in [6.45, 7) is 4.02. The Morgan fingerprint density at radius 3 is 2.44 bits per heavy atom. The zero-order chi connectivity index (χ0) is 13.0. The standard InChI is InChI=1S/C15H19N3/c1-11-8-9-14(12(2)17-11)15(18-16)10-13-6-4-3-5-7-13/h3-9,15,18H,10,16H2,1-2H3.